The number of nitrogens with two attached hydrogens (primary N) is 1. The first kappa shape index (κ1) is 30.8. The van der Waals surface area contributed by atoms with Gasteiger partial charge < -0.3 is 41.7 Å². The smallest absolute Gasteiger partial charge is 0.255 e. The number of Topliss-reactive ketones (excluding diaryl/α,β-unsaturated/α-hetero) is 2. The summed E-state index contributed by atoms with van der Waals surface area (Å²) in [4.78, 5) is 55.4. The number of amides is 2. The van der Waals surface area contributed by atoms with Gasteiger partial charge in [-0.1, -0.05) is 0 Å². The van der Waals surface area contributed by atoms with Gasteiger partial charge in [-0.3, -0.25) is 24.1 Å². The van der Waals surface area contributed by atoms with Gasteiger partial charge in [0, 0.05) is 36.8 Å². The number of aliphatic hydroxyl groups excluding tert-OH is 2. The highest BCUT2D eigenvalue weighted by atomic mass is 16.3. The number of phenolic OH excluding ortho intramolecular Hbond substituents is 1. The van der Waals surface area contributed by atoms with Crippen LogP contribution in [0.4, 0.5) is 11.4 Å². The summed E-state index contributed by atoms with van der Waals surface area (Å²) in [7, 11) is 6.52. The Morgan fingerprint density at radius 2 is 1.74 bits per heavy atom. The predicted molar refractivity (Wildman–Crippen MR) is 155 cm³/mol. The molecule has 226 valence electrons. The van der Waals surface area contributed by atoms with Crippen LogP contribution in [0.3, 0.4) is 0 Å². The fraction of sp³-hybridized carbons (Fsp3) is 0.448. The molecule has 13 heteroatoms. The zero-order valence-corrected chi connectivity index (χ0v) is 24.6. The molecule has 3 aliphatic rings. The number of nitrogens with zero attached hydrogens (tertiary/aromatic N) is 2. The van der Waals surface area contributed by atoms with Crippen molar-refractivity contribution in [2.24, 2.45) is 11.7 Å². The molecule has 8 N–H and O–H groups in total. The molecular formula is C29H37N5O8. The van der Waals surface area contributed by atoms with Crippen molar-refractivity contribution in [2.45, 2.75) is 44.4 Å². The second kappa shape index (κ2) is 10.3. The van der Waals surface area contributed by atoms with E-state index in [4.69, 9.17) is 5.73 Å². The number of nitrogens with one attached hydrogen (secondary N) is 2. The van der Waals surface area contributed by atoms with Crippen LogP contribution in [-0.4, -0.2) is 101 Å². The third-order valence-electron chi connectivity index (χ3n) is 7.81. The molecule has 13 nitrogen and oxygen atoms in total. The van der Waals surface area contributed by atoms with Crippen molar-refractivity contribution in [3.63, 3.8) is 0 Å². The Morgan fingerprint density at radius 3 is 2.26 bits per heavy atom. The molecule has 0 heterocycles. The number of rotatable bonds is 6. The van der Waals surface area contributed by atoms with E-state index in [1.165, 1.54) is 11.0 Å². The van der Waals surface area contributed by atoms with Crippen molar-refractivity contribution in [3.8, 4) is 5.75 Å². The van der Waals surface area contributed by atoms with Gasteiger partial charge >= 0.3 is 0 Å². The number of anilines is 2. The summed E-state index contributed by atoms with van der Waals surface area (Å²) < 4.78 is 0. The van der Waals surface area contributed by atoms with E-state index in [1.54, 1.807) is 39.2 Å². The van der Waals surface area contributed by atoms with E-state index in [0.717, 1.165) is 0 Å². The van der Waals surface area contributed by atoms with E-state index >= 15 is 0 Å². The lowest BCUT2D eigenvalue weighted by Gasteiger charge is -2.48. The lowest BCUT2D eigenvalue weighted by Crippen LogP contribution is -2.62. The molecule has 0 saturated carbocycles. The highest BCUT2D eigenvalue weighted by molar-refractivity contribution is 6.26. The summed E-state index contributed by atoms with van der Waals surface area (Å²) in [6.07, 6.45) is 1.40. The standard InChI is InChI=1S/C29H37N5O8/c1-28(2,3)31-11-17(35)32-15-10-16(33(4)5)13-8-12-9-14-21(34(6)7)24(38)20(27(30)41)26(40)29(14,42)25(39)18(12)23(37)19(13)22(15)36/h8,10,14,21,31,36,38-39,42H,9,11H2,1-7H3,(H2,30,41)(H,32,35)/t14-,21-,29-/m0/s1. The molecule has 1 aromatic rings. The molecule has 1 aromatic carbocycles. The molecule has 0 aliphatic heterocycles. The topological polar surface area (TPSA) is 206 Å². The van der Waals surface area contributed by atoms with Crippen molar-refractivity contribution in [1.82, 2.24) is 10.2 Å². The summed E-state index contributed by atoms with van der Waals surface area (Å²) in [5.74, 6) is -7.42. The molecule has 3 atom stereocenters. The number of phenols is 1. The Kier molecular flexibility index (Phi) is 7.51. The van der Waals surface area contributed by atoms with E-state index in [2.05, 4.69) is 10.6 Å². The maximum atomic E-state index is 14.0. The van der Waals surface area contributed by atoms with Crippen LogP contribution in [0.2, 0.25) is 0 Å². The van der Waals surface area contributed by atoms with Crippen molar-refractivity contribution >= 4 is 40.8 Å². The van der Waals surface area contributed by atoms with Crippen LogP contribution in [-0.2, 0) is 14.4 Å². The number of primary amides is 1. The second-order valence-corrected chi connectivity index (χ2v) is 12.3. The molecule has 0 fully saturated rings. The number of allylic oxidation sites excluding steroid dienone is 2. The van der Waals surface area contributed by atoms with Gasteiger partial charge in [0.05, 0.1) is 29.4 Å². The minimum atomic E-state index is -2.77. The van der Waals surface area contributed by atoms with Gasteiger partial charge in [0.2, 0.25) is 17.5 Å². The number of carbonyl (C=O) groups is 4. The van der Waals surface area contributed by atoms with Gasteiger partial charge in [0.25, 0.3) is 5.91 Å². The number of aliphatic hydroxyl groups is 3. The maximum absolute atomic E-state index is 14.0. The average molecular weight is 584 g/mol. The average Bonchev–Trinajstić information content (AvgIpc) is 2.85. The Balaban J connectivity index is 1.91. The van der Waals surface area contributed by atoms with Crippen LogP contribution in [0.25, 0.3) is 6.08 Å². The Bertz CT molecular complexity index is 1510. The van der Waals surface area contributed by atoms with Crippen LogP contribution in [0.5, 0.6) is 5.75 Å². The van der Waals surface area contributed by atoms with Crippen LogP contribution >= 0.6 is 0 Å². The number of hydrogen-bond acceptors (Lipinski definition) is 11. The monoisotopic (exact) mass is 583 g/mol. The third kappa shape index (κ3) is 4.72. The number of aromatic hydroxyl groups is 1. The molecular weight excluding hydrogens is 546 g/mol. The lowest BCUT2D eigenvalue weighted by atomic mass is 9.61. The predicted octanol–water partition coefficient (Wildman–Crippen LogP) is 0.738. The summed E-state index contributed by atoms with van der Waals surface area (Å²) in [6, 6.07) is 0.402. The van der Waals surface area contributed by atoms with Crippen molar-refractivity contribution in [1.29, 1.82) is 0 Å². The molecule has 3 aliphatic carbocycles. The van der Waals surface area contributed by atoms with E-state index < -0.39 is 69.4 Å². The summed E-state index contributed by atoms with van der Waals surface area (Å²) in [5, 5.41) is 50.9. The number of hydrogen-bond donors (Lipinski definition) is 7. The highest BCUT2D eigenvalue weighted by Gasteiger charge is 2.62. The number of benzene rings is 1. The van der Waals surface area contributed by atoms with Crippen molar-refractivity contribution < 1.29 is 39.6 Å². The molecule has 42 heavy (non-hydrogen) atoms. The van der Waals surface area contributed by atoms with Crippen LogP contribution in [0.1, 0.15) is 43.1 Å². The molecule has 0 unspecified atom stereocenters. The van der Waals surface area contributed by atoms with Gasteiger partial charge in [0.1, 0.15) is 17.1 Å². The first-order valence-electron chi connectivity index (χ1n) is 13.3. The largest absolute Gasteiger partial charge is 0.510 e. The fourth-order valence-electron chi connectivity index (χ4n) is 5.85. The lowest BCUT2D eigenvalue weighted by molar-refractivity contribution is -0.146. The van der Waals surface area contributed by atoms with E-state index in [9.17, 15) is 39.6 Å². The third-order valence-corrected chi connectivity index (χ3v) is 7.81. The van der Waals surface area contributed by atoms with Gasteiger partial charge in [-0.15, -0.1) is 0 Å². The van der Waals surface area contributed by atoms with Crippen molar-refractivity contribution in [2.75, 3.05) is 45.0 Å². The first-order chi connectivity index (χ1) is 19.3. The zero-order valence-electron chi connectivity index (χ0n) is 24.6. The van der Waals surface area contributed by atoms with Gasteiger partial charge in [-0.25, -0.2) is 0 Å². The van der Waals surface area contributed by atoms with Gasteiger partial charge in [-0.05, 0) is 59.0 Å². The Labute approximate surface area is 243 Å². The van der Waals surface area contributed by atoms with Gasteiger partial charge in [0.15, 0.2) is 11.4 Å². The van der Waals surface area contributed by atoms with E-state index in [0.29, 0.717) is 11.3 Å². The zero-order chi connectivity index (χ0) is 31.6. The number of ketones is 2. The van der Waals surface area contributed by atoms with E-state index in [-0.39, 0.29) is 35.3 Å². The number of fused-ring (bicyclic) bond motifs is 3. The Hall–Kier alpha value is -4.20. The number of likely N-dealkylation sites (N-methyl/N-ethyl adjacent to an activating group) is 1. The molecule has 0 spiro atoms. The van der Waals surface area contributed by atoms with Crippen LogP contribution in [0.15, 0.2) is 34.3 Å². The maximum Gasteiger partial charge on any atom is 0.255 e. The molecule has 0 radical (unpaired) electrons. The summed E-state index contributed by atoms with van der Waals surface area (Å²) in [6.45, 7) is 5.57. The van der Waals surface area contributed by atoms with Crippen LogP contribution < -0.4 is 21.3 Å². The highest BCUT2D eigenvalue weighted by Crippen LogP contribution is 2.53. The molecule has 0 bridgehead atoms. The Morgan fingerprint density at radius 1 is 1.12 bits per heavy atom. The van der Waals surface area contributed by atoms with Gasteiger partial charge in [-0.2, -0.15) is 0 Å². The quantitative estimate of drug-likeness (QED) is 0.184. The normalized spacial score (nSPS) is 23.8. The van der Waals surface area contributed by atoms with Crippen molar-refractivity contribution in [3.05, 3.63) is 45.4 Å². The molecule has 0 aromatic heterocycles. The molecule has 4 rings (SSSR count). The van der Waals surface area contributed by atoms with E-state index in [1.807, 2.05) is 20.8 Å². The molecule has 2 amide bonds. The number of carbonyl (C=O) groups excluding carboxylic acids is 4. The first-order valence-corrected chi connectivity index (χ1v) is 13.3. The molecule has 0 saturated heterocycles. The SMILES string of the molecule is CN(C)c1cc(NC(=O)CNC(C)(C)C)c(O)c2c1C=C1C[C@H]3[C@H](N(C)C)C(O)=C(C(N)=O)C(=O)[C@@]3(O)C(O)=C1C2=O. The summed E-state index contributed by atoms with van der Waals surface area (Å²) in [5.41, 5.74) is 1.65. The van der Waals surface area contributed by atoms with Crippen LogP contribution in [0, 0.1) is 5.92 Å². The fourth-order valence-corrected chi connectivity index (χ4v) is 5.85. The minimum Gasteiger partial charge on any atom is -0.510 e. The minimum absolute atomic E-state index is 0.0545. The second-order valence-electron chi connectivity index (χ2n) is 12.3. The summed E-state index contributed by atoms with van der Waals surface area (Å²) >= 11 is 0.